The van der Waals surface area contributed by atoms with Crippen molar-refractivity contribution in [2.75, 3.05) is 18.6 Å². The normalized spacial score (nSPS) is 23.5. The largest absolute Gasteiger partial charge is 0.464 e. The van der Waals surface area contributed by atoms with E-state index in [1.165, 1.54) is 0 Å². The van der Waals surface area contributed by atoms with E-state index in [1.54, 1.807) is 0 Å². The second kappa shape index (κ2) is 16.5. The summed E-state index contributed by atoms with van der Waals surface area (Å²) in [6, 6.07) is -1.35. The van der Waals surface area contributed by atoms with Crippen LogP contribution in [0.5, 0.6) is 0 Å². The molecular weight excluding hydrogens is 595 g/mol. The molecule has 1 saturated heterocycles. The smallest absolute Gasteiger partial charge is 0.389 e. The molecule has 1 aliphatic rings. The SMILES string of the molecule is COC(=O)[C@]1(OC(C)=O)C[C@H](OC(C)=O)[C@@H](NC(C)=O)C([C@@H](OC(C)=O)[C@@H](CSCCCCC(F)(F)F)OC(C)=O)O1. The predicted molar refractivity (Wildman–Crippen MR) is 138 cm³/mol. The van der Waals surface area contributed by atoms with Crippen LogP contribution in [-0.2, 0) is 57.2 Å². The van der Waals surface area contributed by atoms with Crippen molar-refractivity contribution < 1.29 is 70.4 Å². The Bertz CT molecular complexity index is 994. The van der Waals surface area contributed by atoms with Crippen molar-refractivity contribution in [2.45, 2.75) is 103 Å². The molecule has 13 nitrogen and oxygen atoms in total. The molecule has 0 aliphatic carbocycles. The minimum Gasteiger partial charge on any atom is -0.464 e. The lowest BCUT2D eigenvalue weighted by Gasteiger charge is -2.48. The number of nitrogens with one attached hydrogen (secondary N) is 1. The maximum Gasteiger partial charge on any atom is 0.389 e. The third-order valence-corrected chi connectivity index (χ3v) is 6.78. The second-order valence-electron chi connectivity index (χ2n) is 9.37. The molecule has 42 heavy (non-hydrogen) atoms. The topological polar surface area (TPSA) is 170 Å². The quantitative estimate of drug-likeness (QED) is 0.168. The molecule has 1 fully saturated rings. The molecule has 0 bridgehead atoms. The molecular formula is C25H36F3NO12S. The van der Waals surface area contributed by atoms with Gasteiger partial charge in [0.05, 0.1) is 19.6 Å². The number of carbonyl (C=O) groups is 6. The van der Waals surface area contributed by atoms with E-state index < -0.39 is 91.0 Å². The highest BCUT2D eigenvalue weighted by atomic mass is 32.2. The standard InChI is InChI=1S/C25H36F3NO12S/c1-13(30)29-20-18(37-14(2)31)11-24(23(35)36-6,40-17(5)34)41-22(20)21(39-16(4)33)19(38-15(3)32)12-42-10-8-7-9-25(26,27)28/h18-22H,7-12H2,1-6H3,(H,29,30)/t18-,19+,20+,21-,22?,24-/m0/s1. The Morgan fingerprint density at radius 2 is 1.57 bits per heavy atom. The number of rotatable bonds is 14. The Morgan fingerprint density at radius 3 is 2.05 bits per heavy atom. The van der Waals surface area contributed by atoms with E-state index in [0.29, 0.717) is 0 Å². The van der Waals surface area contributed by atoms with Crippen LogP contribution in [0.3, 0.4) is 0 Å². The highest BCUT2D eigenvalue weighted by Crippen LogP contribution is 2.37. The van der Waals surface area contributed by atoms with E-state index >= 15 is 0 Å². The van der Waals surface area contributed by atoms with Gasteiger partial charge in [0.2, 0.25) is 5.91 Å². The van der Waals surface area contributed by atoms with Crippen LogP contribution in [-0.4, -0.2) is 96.8 Å². The number of hydrogen-bond donors (Lipinski definition) is 1. The van der Waals surface area contributed by atoms with Gasteiger partial charge in [-0.3, -0.25) is 24.0 Å². The fourth-order valence-electron chi connectivity index (χ4n) is 4.26. The molecule has 0 aromatic carbocycles. The number of hydrogen-bond acceptors (Lipinski definition) is 13. The maximum atomic E-state index is 12.9. The number of ether oxygens (including phenoxy) is 6. The molecule has 1 amide bonds. The molecule has 1 aliphatic heterocycles. The van der Waals surface area contributed by atoms with Crippen LogP contribution in [0.25, 0.3) is 0 Å². The van der Waals surface area contributed by atoms with Crippen molar-refractivity contribution in [3.8, 4) is 0 Å². The van der Waals surface area contributed by atoms with Crippen molar-refractivity contribution in [2.24, 2.45) is 0 Å². The third-order valence-electron chi connectivity index (χ3n) is 5.63. The van der Waals surface area contributed by atoms with Crippen molar-refractivity contribution in [3.63, 3.8) is 0 Å². The minimum atomic E-state index is -4.31. The van der Waals surface area contributed by atoms with Crippen LogP contribution in [0.1, 0.15) is 60.3 Å². The first-order chi connectivity index (χ1) is 19.4. The van der Waals surface area contributed by atoms with E-state index in [0.717, 1.165) is 53.5 Å². The van der Waals surface area contributed by atoms with Gasteiger partial charge in [-0.15, -0.1) is 0 Å². The average Bonchev–Trinajstić information content (AvgIpc) is 2.83. The van der Waals surface area contributed by atoms with Gasteiger partial charge in [0.25, 0.3) is 0 Å². The Kier molecular flexibility index (Phi) is 14.5. The minimum absolute atomic E-state index is 0.132. The second-order valence-corrected chi connectivity index (χ2v) is 10.5. The van der Waals surface area contributed by atoms with Gasteiger partial charge in [-0.25, -0.2) is 4.79 Å². The Hall–Kier alpha value is -3.08. The Balaban J connectivity index is 3.59. The summed E-state index contributed by atoms with van der Waals surface area (Å²) >= 11 is 1.08. The first kappa shape index (κ1) is 36.9. The zero-order chi connectivity index (χ0) is 32.3. The first-order valence-corrected chi connectivity index (χ1v) is 13.9. The molecule has 6 atom stereocenters. The molecule has 0 spiro atoms. The number of amides is 1. The van der Waals surface area contributed by atoms with Crippen molar-refractivity contribution in [1.29, 1.82) is 0 Å². The number of esters is 5. The zero-order valence-electron chi connectivity index (χ0n) is 24.1. The first-order valence-electron chi connectivity index (χ1n) is 12.8. The fourth-order valence-corrected chi connectivity index (χ4v) is 5.33. The van der Waals surface area contributed by atoms with Gasteiger partial charge in [0, 0.05) is 46.8 Å². The summed E-state index contributed by atoms with van der Waals surface area (Å²) in [4.78, 5) is 73.5. The monoisotopic (exact) mass is 631 g/mol. The van der Waals surface area contributed by atoms with Crippen LogP contribution in [0.2, 0.25) is 0 Å². The Morgan fingerprint density at radius 1 is 0.952 bits per heavy atom. The van der Waals surface area contributed by atoms with Gasteiger partial charge < -0.3 is 33.7 Å². The van der Waals surface area contributed by atoms with Crippen molar-refractivity contribution >= 4 is 47.5 Å². The summed E-state index contributed by atoms with van der Waals surface area (Å²) in [5.41, 5.74) is 0. The van der Waals surface area contributed by atoms with Gasteiger partial charge >= 0.3 is 41.8 Å². The molecule has 0 saturated carbocycles. The van der Waals surface area contributed by atoms with Crippen LogP contribution in [0.15, 0.2) is 0 Å². The van der Waals surface area contributed by atoms with E-state index in [1.807, 2.05) is 0 Å². The molecule has 17 heteroatoms. The number of halogens is 3. The summed E-state index contributed by atoms with van der Waals surface area (Å²) in [6.45, 7) is 5.20. The van der Waals surface area contributed by atoms with Crippen LogP contribution >= 0.6 is 11.8 Å². The number of thioether (sulfide) groups is 1. The lowest BCUT2D eigenvalue weighted by molar-refractivity contribution is -0.302. The van der Waals surface area contributed by atoms with Crippen LogP contribution in [0.4, 0.5) is 13.2 Å². The molecule has 0 aromatic heterocycles. The molecule has 0 aromatic rings. The fraction of sp³-hybridized carbons (Fsp3) is 0.760. The van der Waals surface area contributed by atoms with Crippen LogP contribution < -0.4 is 5.32 Å². The van der Waals surface area contributed by atoms with Gasteiger partial charge in [-0.1, -0.05) is 0 Å². The van der Waals surface area contributed by atoms with E-state index in [4.69, 9.17) is 28.4 Å². The lowest BCUT2D eigenvalue weighted by atomic mass is 9.88. The lowest BCUT2D eigenvalue weighted by Crippen LogP contribution is -2.69. The van der Waals surface area contributed by atoms with E-state index in [2.05, 4.69) is 5.32 Å². The molecule has 0 radical (unpaired) electrons. The van der Waals surface area contributed by atoms with Gasteiger partial charge in [0.15, 0.2) is 12.2 Å². The van der Waals surface area contributed by atoms with Crippen LogP contribution in [0, 0.1) is 0 Å². The van der Waals surface area contributed by atoms with E-state index in [9.17, 15) is 41.9 Å². The number of alkyl halides is 3. The van der Waals surface area contributed by atoms with Crippen molar-refractivity contribution in [3.05, 3.63) is 0 Å². The number of carbonyl (C=O) groups excluding carboxylic acids is 6. The van der Waals surface area contributed by atoms with E-state index in [-0.39, 0.29) is 24.3 Å². The summed E-state index contributed by atoms with van der Waals surface area (Å²) in [6.07, 6.45) is -12.0. The van der Waals surface area contributed by atoms with Gasteiger partial charge in [-0.05, 0) is 18.6 Å². The zero-order valence-corrected chi connectivity index (χ0v) is 24.9. The van der Waals surface area contributed by atoms with Gasteiger partial charge in [-0.2, -0.15) is 24.9 Å². The summed E-state index contributed by atoms with van der Waals surface area (Å²) in [7, 11) is 0.966. The average molecular weight is 632 g/mol. The predicted octanol–water partition coefficient (Wildman–Crippen LogP) is 1.97. The Labute approximate surface area is 244 Å². The third kappa shape index (κ3) is 12.4. The van der Waals surface area contributed by atoms with Gasteiger partial charge in [0.1, 0.15) is 12.2 Å². The highest BCUT2D eigenvalue weighted by molar-refractivity contribution is 7.99. The number of methoxy groups -OCH3 is 1. The summed E-state index contributed by atoms with van der Waals surface area (Å²) < 4.78 is 69.6. The molecule has 1 heterocycles. The number of unbranched alkanes of at least 4 members (excludes halogenated alkanes) is 1. The van der Waals surface area contributed by atoms with Crippen molar-refractivity contribution in [1.82, 2.24) is 5.32 Å². The molecule has 1 unspecified atom stereocenters. The molecule has 1 N–H and O–H groups in total. The summed E-state index contributed by atoms with van der Waals surface area (Å²) in [5.74, 6) is -7.98. The molecule has 1 rings (SSSR count). The molecule has 240 valence electrons. The maximum absolute atomic E-state index is 12.9. The highest BCUT2D eigenvalue weighted by Gasteiger charge is 2.60. The summed E-state index contributed by atoms with van der Waals surface area (Å²) in [5, 5.41) is 2.52.